The quantitative estimate of drug-likeness (QED) is 0.841. The highest BCUT2D eigenvalue weighted by Crippen LogP contribution is 2.34. The maximum absolute atomic E-state index is 11.5. The van der Waals surface area contributed by atoms with Gasteiger partial charge >= 0.3 is 5.97 Å². The summed E-state index contributed by atoms with van der Waals surface area (Å²) in [6, 6.07) is 14.8. The van der Waals surface area contributed by atoms with E-state index in [1.807, 2.05) is 30.3 Å². The molecule has 110 valence electrons. The number of aliphatic hydroxyl groups is 1. The van der Waals surface area contributed by atoms with Crippen molar-refractivity contribution in [2.75, 3.05) is 7.11 Å². The largest absolute Gasteiger partial charge is 0.487 e. The fourth-order valence-corrected chi connectivity index (χ4v) is 2.36. The molecular weight excluding hydrogens is 336 g/mol. The first-order valence-electron chi connectivity index (χ1n) is 6.34. The Kier molecular flexibility index (Phi) is 5.36. The number of hydrogen-bond acceptors (Lipinski definition) is 4. The second-order valence-electron chi connectivity index (χ2n) is 4.36. The van der Waals surface area contributed by atoms with Crippen molar-refractivity contribution < 1.29 is 19.4 Å². The molecule has 1 unspecified atom stereocenters. The summed E-state index contributed by atoms with van der Waals surface area (Å²) < 4.78 is 11.0. The van der Waals surface area contributed by atoms with Crippen LogP contribution < -0.4 is 4.74 Å². The zero-order chi connectivity index (χ0) is 15.2. The average molecular weight is 351 g/mol. The van der Waals surface area contributed by atoms with Gasteiger partial charge in [-0.1, -0.05) is 42.5 Å². The molecule has 2 rings (SSSR count). The second-order valence-corrected chi connectivity index (χ2v) is 5.21. The topological polar surface area (TPSA) is 55.8 Å². The lowest BCUT2D eigenvalue weighted by Gasteiger charge is -2.16. The van der Waals surface area contributed by atoms with Gasteiger partial charge in [-0.3, -0.25) is 0 Å². The van der Waals surface area contributed by atoms with Gasteiger partial charge < -0.3 is 14.6 Å². The Balaban J connectivity index is 2.24. The molecule has 1 atom stereocenters. The van der Waals surface area contributed by atoms with E-state index < -0.39 is 12.1 Å². The SMILES string of the molecule is COC(=O)C(O)c1cccc(Br)c1OCc1ccccc1. The third-order valence-electron chi connectivity index (χ3n) is 2.94. The van der Waals surface area contributed by atoms with Gasteiger partial charge in [-0.05, 0) is 27.6 Å². The van der Waals surface area contributed by atoms with Gasteiger partial charge in [0.05, 0.1) is 11.6 Å². The fourth-order valence-electron chi connectivity index (χ4n) is 1.86. The Morgan fingerprint density at radius 3 is 2.57 bits per heavy atom. The number of aliphatic hydroxyl groups excluding tert-OH is 1. The van der Waals surface area contributed by atoms with Crippen molar-refractivity contribution in [3.05, 3.63) is 64.1 Å². The Labute approximate surface area is 131 Å². The van der Waals surface area contributed by atoms with Crippen molar-refractivity contribution in [2.45, 2.75) is 12.7 Å². The molecule has 0 bridgehead atoms. The lowest BCUT2D eigenvalue weighted by atomic mass is 10.1. The molecular formula is C16H15BrO4. The molecule has 0 saturated heterocycles. The molecule has 4 nitrogen and oxygen atoms in total. The molecule has 0 aromatic heterocycles. The van der Waals surface area contributed by atoms with Gasteiger partial charge in [-0.25, -0.2) is 4.79 Å². The van der Waals surface area contributed by atoms with Gasteiger partial charge in [0.1, 0.15) is 12.4 Å². The van der Waals surface area contributed by atoms with E-state index in [9.17, 15) is 9.90 Å². The zero-order valence-corrected chi connectivity index (χ0v) is 13.0. The predicted octanol–water partition coefficient (Wildman–Crippen LogP) is 3.23. The first-order valence-corrected chi connectivity index (χ1v) is 7.14. The van der Waals surface area contributed by atoms with Crippen molar-refractivity contribution in [1.82, 2.24) is 0 Å². The van der Waals surface area contributed by atoms with E-state index in [0.29, 0.717) is 22.4 Å². The number of hydrogen-bond donors (Lipinski definition) is 1. The highest BCUT2D eigenvalue weighted by Gasteiger charge is 2.23. The van der Waals surface area contributed by atoms with Crippen LogP contribution in [0, 0.1) is 0 Å². The van der Waals surface area contributed by atoms with E-state index in [2.05, 4.69) is 20.7 Å². The summed E-state index contributed by atoms with van der Waals surface area (Å²) >= 11 is 3.37. The van der Waals surface area contributed by atoms with E-state index in [4.69, 9.17) is 4.74 Å². The molecule has 0 aliphatic heterocycles. The molecule has 0 aliphatic carbocycles. The molecule has 0 heterocycles. The third-order valence-corrected chi connectivity index (χ3v) is 3.57. The molecule has 2 aromatic rings. The second kappa shape index (κ2) is 7.24. The van der Waals surface area contributed by atoms with Crippen molar-refractivity contribution in [1.29, 1.82) is 0 Å². The maximum Gasteiger partial charge on any atom is 0.339 e. The highest BCUT2D eigenvalue weighted by atomic mass is 79.9. The lowest BCUT2D eigenvalue weighted by molar-refractivity contribution is -0.150. The Bertz CT molecular complexity index is 613. The number of benzene rings is 2. The minimum Gasteiger partial charge on any atom is -0.487 e. The van der Waals surface area contributed by atoms with E-state index in [-0.39, 0.29) is 0 Å². The van der Waals surface area contributed by atoms with E-state index >= 15 is 0 Å². The lowest BCUT2D eigenvalue weighted by Crippen LogP contribution is -2.15. The molecule has 0 radical (unpaired) electrons. The Hall–Kier alpha value is -1.85. The number of para-hydroxylation sites is 1. The van der Waals surface area contributed by atoms with E-state index in [0.717, 1.165) is 5.56 Å². The molecule has 0 fully saturated rings. The number of methoxy groups -OCH3 is 1. The van der Waals surface area contributed by atoms with Crippen LogP contribution in [-0.4, -0.2) is 18.2 Å². The van der Waals surface area contributed by atoms with Crippen LogP contribution in [0.1, 0.15) is 17.2 Å². The van der Waals surface area contributed by atoms with Crippen LogP contribution in [0.15, 0.2) is 53.0 Å². The summed E-state index contributed by atoms with van der Waals surface area (Å²) in [5.74, 6) is -0.295. The highest BCUT2D eigenvalue weighted by molar-refractivity contribution is 9.10. The van der Waals surface area contributed by atoms with E-state index in [1.165, 1.54) is 7.11 Å². The summed E-state index contributed by atoms with van der Waals surface area (Å²) in [6.07, 6.45) is -1.38. The summed E-state index contributed by atoms with van der Waals surface area (Å²) in [5, 5.41) is 10.0. The Morgan fingerprint density at radius 2 is 1.90 bits per heavy atom. The smallest absolute Gasteiger partial charge is 0.339 e. The Morgan fingerprint density at radius 1 is 1.19 bits per heavy atom. The zero-order valence-electron chi connectivity index (χ0n) is 11.5. The number of carbonyl (C=O) groups excluding carboxylic acids is 1. The number of carbonyl (C=O) groups is 1. The van der Waals surface area contributed by atoms with Crippen molar-refractivity contribution in [2.24, 2.45) is 0 Å². The minimum absolute atomic E-state index is 0.338. The number of rotatable bonds is 5. The predicted molar refractivity (Wildman–Crippen MR) is 81.9 cm³/mol. The van der Waals surface area contributed by atoms with Crippen LogP contribution >= 0.6 is 15.9 Å². The van der Waals surface area contributed by atoms with Crippen LogP contribution in [0.5, 0.6) is 5.75 Å². The molecule has 0 amide bonds. The average Bonchev–Trinajstić information content (AvgIpc) is 2.53. The van der Waals surface area contributed by atoms with Gasteiger partial charge in [0.2, 0.25) is 0 Å². The monoisotopic (exact) mass is 350 g/mol. The molecule has 0 saturated carbocycles. The van der Waals surface area contributed by atoms with Gasteiger partial charge in [-0.2, -0.15) is 0 Å². The van der Waals surface area contributed by atoms with Crippen LogP contribution in [0.2, 0.25) is 0 Å². The minimum atomic E-state index is -1.38. The van der Waals surface area contributed by atoms with Crippen molar-refractivity contribution >= 4 is 21.9 Å². The van der Waals surface area contributed by atoms with Crippen LogP contribution in [-0.2, 0) is 16.1 Å². The standard InChI is InChI=1S/C16H15BrO4/c1-20-16(19)14(18)12-8-5-9-13(17)15(12)21-10-11-6-3-2-4-7-11/h2-9,14,18H,10H2,1H3. The molecule has 0 aliphatic rings. The fraction of sp³-hybridized carbons (Fsp3) is 0.188. The van der Waals surface area contributed by atoms with Gasteiger partial charge in [0.25, 0.3) is 0 Å². The maximum atomic E-state index is 11.5. The van der Waals surface area contributed by atoms with Crippen LogP contribution in [0.25, 0.3) is 0 Å². The first kappa shape index (κ1) is 15.5. The molecule has 0 spiro atoms. The molecule has 1 N–H and O–H groups in total. The third kappa shape index (κ3) is 3.83. The summed E-state index contributed by atoms with van der Waals surface area (Å²) in [5.41, 5.74) is 1.36. The van der Waals surface area contributed by atoms with Crippen LogP contribution in [0.3, 0.4) is 0 Å². The van der Waals surface area contributed by atoms with E-state index in [1.54, 1.807) is 18.2 Å². The molecule has 21 heavy (non-hydrogen) atoms. The number of esters is 1. The summed E-state index contributed by atoms with van der Waals surface area (Å²) in [7, 11) is 1.23. The number of halogens is 1. The summed E-state index contributed by atoms with van der Waals surface area (Å²) in [6.45, 7) is 0.338. The molecule has 2 aromatic carbocycles. The van der Waals surface area contributed by atoms with Crippen LogP contribution in [0.4, 0.5) is 0 Å². The van der Waals surface area contributed by atoms with Gasteiger partial charge in [0.15, 0.2) is 6.10 Å². The number of ether oxygens (including phenoxy) is 2. The molecule has 5 heteroatoms. The first-order chi connectivity index (χ1) is 10.1. The van der Waals surface area contributed by atoms with Crippen molar-refractivity contribution in [3.63, 3.8) is 0 Å². The normalized spacial score (nSPS) is 11.8. The summed E-state index contributed by atoms with van der Waals surface area (Å²) in [4.78, 5) is 11.5. The van der Waals surface area contributed by atoms with Gasteiger partial charge in [-0.15, -0.1) is 0 Å². The van der Waals surface area contributed by atoms with Crippen molar-refractivity contribution in [3.8, 4) is 5.75 Å². The van der Waals surface area contributed by atoms with Gasteiger partial charge in [0, 0.05) is 5.56 Å².